The predicted molar refractivity (Wildman–Crippen MR) is 90.2 cm³/mol. The smallest absolute Gasteiger partial charge is 0.224 e. The Labute approximate surface area is 136 Å². The summed E-state index contributed by atoms with van der Waals surface area (Å²) in [5.41, 5.74) is 0.777. The number of benzene rings is 1. The number of aromatic nitrogens is 2. The highest BCUT2D eigenvalue weighted by Crippen LogP contribution is 2.40. The SMILES string of the molecule is CCCNc1nccc(Nc2cc(OC)c(OC)c(OC)c2)n1. The van der Waals surface area contributed by atoms with Crippen molar-refractivity contribution in [3.8, 4) is 17.2 Å². The Morgan fingerprint density at radius 3 is 2.30 bits per heavy atom. The Hall–Kier alpha value is -2.70. The first-order chi connectivity index (χ1) is 11.2. The number of nitrogens with one attached hydrogen (secondary N) is 2. The molecule has 0 unspecified atom stereocenters. The molecule has 2 rings (SSSR count). The molecule has 0 aliphatic heterocycles. The van der Waals surface area contributed by atoms with Crippen molar-refractivity contribution in [3.05, 3.63) is 24.4 Å². The lowest BCUT2D eigenvalue weighted by atomic mass is 10.2. The minimum absolute atomic E-state index is 0.550. The molecule has 0 aliphatic carbocycles. The van der Waals surface area contributed by atoms with Gasteiger partial charge in [-0.25, -0.2) is 4.98 Å². The Bertz CT molecular complexity index is 624. The zero-order chi connectivity index (χ0) is 16.7. The Morgan fingerprint density at radius 2 is 1.74 bits per heavy atom. The van der Waals surface area contributed by atoms with E-state index in [1.807, 2.05) is 12.1 Å². The average molecular weight is 318 g/mol. The molecule has 0 aliphatic rings. The van der Waals surface area contributed by atoms with Crippen LogP contribution in [0.2, 0.25) is 0 Å². The Morgan fingerprint density at radius 1 is 1.04 bits per heavy atom. The van der Waals surface area contributed by atoms with Gasteiger partial charge in [-0.05, 0) is 12.5 Å². The molecule has 0 bridgehead atoms. The van der Waals surface area contributed by atoms with Crippen molar-refractivity contribution in [2.24, 2.45) is 0 Å². The van der Waals surface area contributed by atoms with Crippen LogP contribution in [0.1, 0.15) is 13.3 Å². The van der Waals surface area contributed by atoms with Gasteiger partial charge in [0.25, 0.3) is 0 Å². The summed E-state index contributed by atoms with van der Waals surface area (Å²) < 4.78 is 16.0. The van der Waals surface area contributed by atoms with Crippen LogP contribution in [0.25, 0.3) is 0 Å². The van der Waals surface area contributed by atoms with Gasteiger partial charge in [-0.3, -0.25) is 0 Å². The lowest BCUT2D eigenvalue weighted by Gasteiger charge is -2.15. The topological polar surface area (TPSA) is 77.5 Å². The molecule has 0 radical (unpaired) electrons. The van der Waals surface area contributed by atoms with Crippen LogP contribution in [0, 0.1) is 0 Å². The number of rotatable bonds is 8. The van der Waals surface area contributed by atoms with Crippen LogP contribution in [0.15, 0.2) is 24.4 Å². The van der Waals surface area contributed by atoms with E-state index < -0.39 is 0 Å². The van der Waals surface area contributed by atoms with Crippen LogP contribution in [0.3, 0.4) is 0 Å². The van der Waals surface area contributed by atoms with Gasteiger partial charge >= 0.3 is 0 Å². The molecule has 0 saturated carbocycles. The highest BCUT2D eigenvalue weighted by Gasteiger charge is 2.13. The van der Waals surface area contributed by atoms with Gasteiger partial charge in [-0.1, -0.05) is 6.92 Å². The first-order valence-electron chi connectivity index (χ1n) is 7.35. The van der Waals surface area contributed by atoms with Crippen LogP contribution < -0.4 is 24.8 Å². The van der Waals surface area contributed by atoms with Gasteiger partial charge in [0.2, 0.25) is 11.7 Å². The summed E-state index contributed by atoms with van der Waals surface area (Å²) in [4.78, 5) is 8.59. The molecule has 7 nitrogen and oxygen atoms in total. The highest BCUT2D eigenvalue weighted by atomic mass is 16.5. The van der Waals surface area contributed by atoms with Crippen LogP contribution in [-0.2, 0) is 0 Å². The average Bonchev–Trinajstić information content (AvgIpc) is 2.59. The van der Waals surface area contributed by atoms with E-state index in [1.165, 1.54) is 0 Å². The minimum atomic E-state index is 0.550. The molecule has 7 heteroatoms. The number of anilines is 3. The third-order valence-electron chi connectivity index (χ3n) is 3.13. The molecule has 1 aromatic heterocycles. The predicted octanol–water partition coefficient (Wildman–Crippen LogP) is 3.07. The standard InChI is InChI=1S/C16H22N4O3/c1-5-7-17-16-18-8-6-14(20-16)19-11-9-12(21-2)15(23-4)13(10-11)22-3/h6,8-10H,5,7H2,1-4H3,(H2,17,18,19,20). The van der Waals surface area contributed by atoms with Gasteiger partial charge in [0.05, 0.1) is 21.3 Å². The maximum absolute atomic E-state index is 5.34. The van der Waals surface area contributed by atoms with Crippen molar-refractivity contribution < 1.29 is 14.2 Å². The van der Waals surface area contributed by atoms with Crippen molar-refractivity contribution in [1.82, 2.24) is 9.97 Å². The number of nitrogens with zero attached hydrogens (tertiary/aromatic N) is 2. The first-order valence-corrected chi connectivity index (χ1v) is 7.35. The van der Waals surface area contributed by atoms with Crippen LogP contribution in [0.4, 0.5) is 17.5 Å². The first kappa shape index (κ1) is 16.7. The zero-order valence-electron chi connectivity index (χ0n) is 13.8. The van der Waals surface area contributed by atoms with Crippen molar-refractivity contribution in [2.75, 3.05) is 38.5 Å². The van der Waals surface area contributed by atoms with Crippen LogP contribution >= 0.6 is 0 Å². The summed E-state index contributed by atoms with van der Waals surface area (Å²) in [5, 5.41) is 6.37. The third-order valence-corrected chi connectivity index (χ3v) is 3.13. The number of hydrogen-bond acceptors (Lipinski definition) is 7. The second-order valence-corrected chi connectivity index (χ2v) is 4.73. The summed E-state index contributed by atoms with van der Waals surface area (Å²) in [6.45, 7) is 2.92. The summed E-state index contributed by atoms with van der Waals surface area (Å²) in [6.07, 6.45) is 2.71. The van der Waals surface area contributed by atoms with E-state index in [1.54, 1.807) is 33.6 Å². The van der Waals surface area contributed by atoms with E-state index in [0.29, 0.717) is 29.0 Å². The van der Waals surface area contributed by atoms with E-state index in [0.717, 1.165) is 18.7 Å². The van der Waals surface area contributed by atoms with Crippen LogP contribution in [-0.4, -0.2) is 37.8 Å². The molecule has 0 fully saturated rings. The van der Waals surface area contributed by atoms with E-state index in [2.05, 4.69) is 27.5 Å². The lowest BCUT2D eigenvalue weighted by molar-refractivity contribution is 0.324. The fraction of sp³-hybridized carbons (Fsp3) is 0.375. The monoisotopic (exact) mass is 318 g/mol. The summed E-state index contributed by atoms with van der Waals surface area (Å²) in [5.74, 6) is 2.96. The maximum Gasteiger partial charge on any atom is 0.224 e. The molecule has 2 N–H and O–H groups in total. The molecule has 1 aromatic carbocycles. The molecular formula is C16H22N4O3. The van der Waals surface area contributed by atoms with Crippen molar-refractivity contribution in [3.63, 3.8) is 0 Å². The second kappa shape index (κ2) is 8.07. The quantitative estimate of drug-likeness (QED) is 0.774. The second-order valence-electron chi connectivity index (χ2n) is 4.73. The molecule has 124 valence electrons. The molecule has 0 spiro atoms. The van der Waals surface area contributed by atoms with Crippen molar-refractivity contribution in [2.45, 2.75) is 13.3 Å². The largest absolute Gasteiger partial charge is 0.493 e. The third kappa shape index (κ3) is 4.15. The Balaban J connectivity index is 2.26. The number of ether oxygens (including phenoxy) is 3. The fourth-order valence-corrected chi connectivity index (χ4v) is 2.05. The van der Waals surface area contributed by atoms with E-state index >= 15 is 0 Å². The molecule has 23 heavy (non-hydrogen) atoms. The lowest BCUT2D eigenvalue weighted by Crippen LogP contribution is -2.05. The van der Waals surface area contributed by atoms with Gasteiger partial charge in [0.15, 0.2) is 11.5 Å². The zero-order valence-corrected chi connectivity index (χ0v) is 13.8. The molecule has 2 aromatic rings. The van der Waals surface area contributed by atoms with Crippen molar-refractivity contribution >= 4 is 17.5 Å². The van der Waals surface area contributed by atoms with Gasteiger partial charge in [-0.2, -0.15) is 4.98 Å². The van der Waals surface area contributed by atoms with Gasteiger partial charge in [-0.15, -0.1) is 0 Å². The minimum Gasteiger partial charge on any atom is -0.493 e. The summed E-state index contributed by atoms with van der Waals surface area (Å²) in [6, 6.07) is 5.44. The molecule has 0 atom stereocenters. The van der Waals surface area contributed by atoms with E-state index in [9.17, 15) is 0 Å². The maximum atomic E-state index is 5.34. The molecule has 1 heterocycles. The summed E-state index contributed by atoms with van der Waals surface area (Å²) in [7, 11) is 4.74. The van der Waals surface area contributed by atoms with Gasteiger partial charge < -0.3 is 24.8 Å². The van der Waals surface area contributed by atoms with E-state index in [-0.39, 0.29) is 0 Å². The van der Waals surface area contributed by atoms with Gasteiger partial charge in [0.1, 0.15) is 5.82 Å². The normalized spacial score (nSPS) is 10.1. The fourth-order valence-electron chi connectivity index (χ4n) is 2.05. The van der Waals surface area contributed by atoms with Crippen molar-refractivity contribution in [1.29, 1.82) is 0 Å². The molecule has 0 amide bonds. The van der Waals surface area contributed by atoms with E-state index in [4.69, 9.17) is 14.2 Å². The molecular weight excluding hydrogens is 296 g/mol. The summed E-state index contributed by atoms with van der Waals surface area (Å²) >= 11 is 0. The molecule has 0 saturated heterocycles. The van der Waals surface area contributed by atoms with Crippen LogP contribution in [0.5, 0.6) is 17.2 Å². The number of methoxy groups -OCH3 is 3. The number of hydrogen-bond donors (Lipinski definition) is 2. The Kier molecular flexibility index (Phi) is 5.85. The van der Waals surface area contributed by atoms with Gasteiger partial charge in [0, 0.05) is 30.6 Å². The highest BCUT2D eigenvalue weighted by molar-refractivity contribution is 5.66.